The van der Waals surface area contributed by atoms with Gasteiger partial charge in [-0.3, -0.25) is 4.40 Å². The highest BCUT2D eigenvalue weighted by atomic mass is 79.9. The van der Waals surface area contributed by atoms with Gasteiger partial charge in [0.1, 0.15) is 10.5 Å². The number of pyridine rings is 1. The molecule has 0 aromatic carbocycles. The quantitative estimate of drug-likeness (QED) is 0.549. The van der Waals surface area contributed by atoms with Crippen molar-refractivity contribution in [1.29, 1.82) is 0 Å². The number of hydrogen-bond acceptors (Lipinski definition) is 5. The first-order valence-corrected chi connectivity index (χ1v) is 7.44. The molecule has 100 valence electrons. The second-order valence-corrected chi connectivity index (χ2v) is 5.90. The van der Waals surface area contributed by atoms with Gasteiger partial charge in [-0.05, 0) is 34.1 Å². The Bertz CT molecular complexity index is 924. The third-order valence-corrected chi connectivity index (χ3v) is 4.36. The zero-order valence-corrected chi connectivity index (χ0v) is 12.7. The molecule has 0 saturated heterocycles. The van der Waals surface area contributed by atoms with E-state index in [1.165, 1.54) is 11.3 Å². The number of rotatable bonds is 2. The van der Waals surface area contributed by atoms with E-state index in [1.54, 1.807) is 7.11 Å². The van der Waals surface area contributed by atoms with Crippen LogP contribution < -0.4 is 4.74 Å². The zero-order valence-electron chi connectivity index (χ0n) is 10.3. The lowest BCUT2D eigenvalue weighted by atomic mass is 10.3. The van der Waals surface area contributed by atoms with Crippen molar-refractivity contribution in [2.75, 3.05) is 7.11 Å². The third kappa shape index (κ3) is 1.74. The molecular weight excluding hydrogens is 342 g/mol. The van der Waals surface area contributed by atoms with Crippen LogP contribution >= 0.6 is 27.3 Å². The molecule has 0 aliphatic carbocycles. The van der Waals surface area contributed by atoms with E-state index >= 15 is 0 Å². The van der Waals surface area contributed by atoms with Gasteiger partial charge in [0.05, 0.1) is 12.6 Å². The van der Waals surface area contributed by atoms with Gasteiger partial charge in [-0.15, -0.1) is 0 Å². The van der Waals surface area contributed by atoms with E-state index < -0.39 is 0 Å². The fourth-order valence-electron chi connectivity index (χ4n) is 2.05. The summed E-state index contributed by atoms with van der Waals surface area (Å²) in [5.74, 6) is 1.35. The standard InChI is InChI=1S/C13H8BrN3O2S/c1-18-11-5-2-8-12(16-11)20-13-15-7(6-17(8)13)9-3-4-10(14)19-9/h2-6H,1H3. The summed E-state index contributed by atoms with van der Waals surface area (Å²) < 4.78 is 13.4. The molecule has 0 bridgehead atoms. The molecule has 0 saturated carbocycles. The van der Waals surface area contributed by atoms with E-state index in [0.717, 1.165) is 26.8 Å². The maximum absolute atomic E-state index is 5.53. The van der Waals surface area contributed by atoms with Crippen LogP contribution in [0.15, 0.2) is 39.5 Å². The van der Waals surface area contributed by atoms with Crippen LogP contribution in [0, 0.1) is 0 Å². The molecule has 7 heteroatoms. The van der Waals surface area contributed by atoms with Crippen molar-refractivity contribution in [2.24, 2.45) is 0 Å². The molecule has 0 fully saturated rings. The number of hydrogen-bond donors (Lipinski definition) is 0. The van der Waals surface area contributed by atoms with Gasteiger partial charge in [-0.1, -0.05) is 11.3 Å². The number of halogens is 1. The molecule has 4 aromatic rings. The highest BCUT2D eigenvalue weighted by molar-refractivity contribution is 9.10. The minimum absolute atomic E-state index is 0.609. The summed E-state index contributed by atoms with van der Waals surface area (Å²) in [6, 6.07) is 7.57. The minimum atomic E-state index is 0.609. The Labute approximate surface area is 126 Å². The van der Waals surface area contributed by atoms with Crippen molar-refractivity contribution in [3.8, 4) is 17.3 Å². The Morgan fingerprint density at radius 1 is 1.25 bits per heavy atom. The average Bonchev–Trinajstić information content (AvgIpc) is 3.11. The van der Waals surface area contributed by atoms with Crippen LogP contribution in [-0.4, -0.2) is 21.5 Å². The SMILES string of the molecule is COc1ccc2c(n1)sc1nc(-c3ccc(Br)o3)cn12. The van der Waals surface area contributed by atoms with Gasteiger partial charge in [0, 0.05) is 12.3 Å². The molecule has 20 heavy (non-hydrogen) atoms. The number of methoxy groups -OCH3 is 1. The van der Waals surface area contributed by atoms with E-state index in [4.69, 9.17) is 9.15 Å². The Morgan fingerprint density at radius 2 is 2.15 bits per heavy atom. The number of imidazole rings is 1. The van der Waals surface area contributed by atoms with Gasteiger partial charge >= 0.3 is 0 Å². The first-order valence-electron chi connectivity index (χ1n) is 5.83. The summed E-state index contributed by atoms with van der Waals surface area (Å²) in [4.78, 5) is 10.8. The fraction of sp³-hybridized carbons (Fsp3) is 0.0769. The Morgan fingerprint density at radius 3 is 2.90 bits per heavy atom. The van der Waals surface area contributed by atoms with Crippen molar-refractivity contribution < 1.29 is 9.15 Å². The number of aromatic nitrogens is 3. The second-order valence-electron chi connectivity index (χ2n) is 4.16. The van der Waals surface area contributed by atoms with Crippen LogP contribution in [0.1, 0.15) is 0 Å². The lowest BCUT2D eigenvalue weighted by Crippen LogP contribution is -1.86. The Hall–Kier alpha value is -1.86. The lowest BCUT2D eigenvalue weighted by molar-refractivity contribution is 0.400. The summed E-state index contributed by atoms with van der Waals surface area (Å²) in [5, 5.41) is 0. The van der Waals surface area contributed by atoms with E-state index in [0.29, 0.717) is 10.5 Å². The fourth-order valence-corrected chi connectivity index (χ4v) is 3.33. The zero-order chi connectivity index (χ0) is 13.7. The second kappa shape index (κ2) is 4.32. The summed E-state index contributed by atoms with van der Waals surface area (Å²) in [6.45, 7) is 0. The molecule has 5 nitrogen and oxygen atoms in total. The molecule has 4 heterocycles. The molecule has 0 atom stereocenters. The summed E-state index contributed by atoms with van der Waals surface area (Å²) >= 11 is 4.82. The predicted octanol–water partition coefficient (Wildman–Crippen LogP) is 3.98. The number of thiazole rings is 1. The van der Waals surface area contributed by atoms with E-state index in [9.17, 15) is 0 Å². The smallest absolute Gasteiger partial charge is 0.214 e. The van der Waals surface area contributed by atoms with Crippen LogP contribution in [-0.2, 0) is 0 Å². The molecule has 0 unspecified atom stereocenters. The van der Waals surface area contributed by atoms with Crippen LogP contribution in [0.2, 0.25) is 0 Å². The van der Waals surface area contributed by atoms with Crippen LogP contribution in [0.5, 0.6) is 5.88 Å². The lowest BCUT2D eigenvalue weighted by Gasteiger charge is -1.96. The number of nitrogens with zero attached hydrogens (tertiary/aromatic N) is 3. The van der Waals surface area contributed by atoms with Crippen molar-refractivity contribution >= 4 is 42.6 Å². The van der Waals surface area contributed by atoms with Crippen molar-refractivity contribution in [3.05, 3.63) is 35.1 Å². The molecule has 0 spiro atoms. The highest BCUT2D eigenvalue weighted by Crippen LogP contribution is 2.30. The van der Waals surface area contributed by atoms with Gasteiger partial charge in [0.25, 0.3) is 0 Å². The predicted molar refractivity (Wildman–Crippen MR) is 80.3 cm³/mol. The third-order valence-electron chi connectivity index (χ3n) is 2.97. The van der Waals surface area contributed by atoms with E-state index in [1.807, 2.05) is 34.9 Å². The largest absolute Gasteiger partial charge is 0.481 e. The minimum Gasteiger partial charge on any atom is -0.481 e. The van der Waals surface area contributed by atoms with Crippen molar-refractivity contribution in [3.63, 3.8) is 0 Å². The van der Waals surface area contributed by atoms with Crippen molar-refractivity contribution in [1.82, 2.24) is 14.4 Å². The number of furan rings is 1. The molecule has 4 rings (SSSR count). The van der Waals surface area contributed by atoms with Gasteiger partial charge < -0.3 is 9.15 Å². The normalized spacial score (nSPS) is 11.5. The Balaban J connectivity index is 1.92. The maximum atomic E-state index is 5.53. The van der Waals surface area contributed by atoms with Gasteiger partial charge in [0.2, 0.25) is 5.88 Å². The van der Waals surface area contributed by atoms with Crippen LogP contribution in [0.3, 0.4) is 0 Å². The number of ether oxygens (including phenoxy) is 1. The van der Waals surface area contributed by atoms with Gasteiger partial charge in [-0.2, -0.15) is 0 Å². The molecular formula is C13H8BrN3O2S. The molecule has 0 radical (unpaired) electrons. The first kappa shape index (κ1) is 11.9. The van der Waals surface area contributed by atoms with Gasteiger partial charge in [-0.25, -0.2) is 9.97 Å². The molecule has 0 amide bonds. The van der Waals surface area contributed by atoms with Gasteiger partial charge in [0.15, 0.2) is 15.4 Å². The van der Waals surface area contributed by atoms with Crippen LogP contribution in [0.4, 0.5) is 0 Å². The maximum Gasteiger partial charge on any atom is 0.214 e. The average molecular weight is 350 g/mol. The molecule has 0 aliphatic rings. The Kier molecular flexibility index (Phi) is 2.58. The monoisotopic (exact) mass is 349 g/mol. The van der Waals surface area contributed by atoms with Crippen LogP contribution in [0.25, 0.3) is 26.8 Å². The van der Waals surface area contributed by atoms with E-state index in [2.05, 4.69) is 25.9 Å². The summed E-state index contributed by atoms with van der Waals surface area (Å²) in [7, 11) is 1.61. The molecule has 0 N–H and O–H groups in total. The topological polar surface area (TPSA) is 52.6 Å². The molecule has 4 aromatic heterocycles. The highest BCUT2D eigenvalue weighted by Gasteiger charge is 2.13. The first-order chi connectivity index (χ1) is 9.74. The number of fused-ring (bicyclic) bond motifs is 3. The molecule has 0 aliphatic heterocycles. The summed E-state index contributed by atoms with van der Waals surface area (Å²) in [5.41, 5.74) is 1.81. The summed E-state index contributed by atoms with van der Waals surface area (Å²) in [6.07, 6.45) is 1.95. The van der Waals surface area contributed by atoms with E-state index in [-0.39, 0.29) is 0 Å². The van der Waals surface area contributed by atoms with Crippen molar-refractivity contribution in [2.45, 2.75) is 0 Å².